The fourth-order valence-corrected chi connectivity index (χ4v) is 5.18. The van der Waals surface area contributed by atoms with Crippen molar-refractivity contribution in [1.29, 1.82) is 0 Å². The van der Waals surface area contributed by atoms with Crippen molar-refractivity contribution in [2.45, 2.75) is 44.1 Å². The average Bonchev–Trinajstić information content (AvgIpc) is 3.25. The lowest BCUT2D eigenvalue weighted by Crippen LogP contribution is -2.49. The lowest BCUT2D eigenvalue weighted by Gasteiger charge is -2.40. The topological polar surface area (TPSA) is 15.3 Å². The second kappa shape index (κ2) is 6.90. The lowest BCUT2D eigenvalue weighted by atomic mass is 9.75. The van der Waals surface area contributed by atoms with Crippen molar-refractivity contribution >= 4 is 12.4 Å². The van der Waals surface area contributed by atoms with E-state index in [2.05, 4.69) is 40.5 Å². The first kappa shape index (κ1) is 16.3. The SMILES string of the molecule is Cl.c1ccc([C@]2(NCCN3CCCC3)C[C@H]3CC[C@@H]2C3)cc1. The van der Waals surface area contributed by atoms with Gasteiger partial charge in [-0.25, -0.2) is 0 Å². The van der Waals surface area contributed by atoms with Crippen molar-refractivity contribution in [2.24, 2.45) is 11.8 Å². The third-order valence-electron chi connectivity index (χ3n) is 6.20. The molecule has 1 heterocycles. The molecule has 4 rings (SSSR count). The molecule has 3 aliphatic rings. The fourth-order valence-electron chi connectivity index (χ4n) is 5.18. The monoisotopic (exact) mass is 320 g/mol. The zero-order chi connectivity index (χ0) is 14.1. The van der Waals surface area contributed by atoms with Gasteiger partial charge in [-0.2, -0.15) is 0 Å². The average molecular weight is 321 g/mol. The Labute approximate surface area is 141 Å². The highest BCUT2D eigenvalue weighted by Crippen LogP contribution is 2.55. The second-order valence-corrected chi connectivity index (χ2v) is 7.39. The predicted octanol–water partition coefficient (Wildman–Crippen LogP) is 3.81. The van der Waals surface area contributed by atoms with E-state index in [9.17, 15) is 0 Å². The molecule has 1 aliphatic heterocycles. The summed E-state index contributed by atoms with van der Waals surface area (Å²) in [7, 11) is 0. The van der Waals surface area contributed by atoms with Crippen LogP contribution >= 0.6 is 12.4 Å². The Morgan fingerprint density at radius 3 is 2.50 bits per heavy atom. The molecule has 1 aromatic carbocycles. The Balaban J connectivity index is 0.00000144. The van der Waals surface area contributed by atoms with Crippen molar-refractivity contribution in [3.63, 3.8) is 0 Å². The van der Waals surface area contributed by atoms with Gasteiger partial charge >= 0.3 is 0 Å². The third-order valence-corrected chi connectivity index (χ3v) is 6.20. The molecule has 1 saturated heterocycles. The summed E-state index contributed by atoms with van der Waals surface area (Å²) in [4.78, 5) is 2.62. The molecule has 2 nitrogen and oxygen atoms in total. The molecule has 2 aliphatic carbocycles. The maximum atomic E-state index is 4.03. The number of likely N-dealkylation sites (tertiary alicyclic amines) is 1. The molecule has 0 radical (unpaired) electrons. The van der Waals surface area contributed by atoms with E-state index in [1.165, 1.54) is 58.2 Å². The van der Waals surface area contributed by atoms with Crippen LogP contribution in [-0.4, -0.2) is 31.1 Å². The van der Waals surface area contributed by atoms with Crippen molar-refractivity contribution in [3.05, 3.63) is 35.9 Å². The molecular weight excluding hydrogens is 292 g/mol. The number of nitrogens with zero attached hydrogens (tertiary/aromatic N) is 1. The zero-order valence-electron chi connectivity index (χ0n) is 13.5. The smallest absolute Gasteiger partial charge is 0.0466 e. The highest BCUT2D eigenvalue weighted by molar-refractivity contribution is 5.85. The Kier molecular flexibility index (Phi) is 5.11. The van der Waals surface area contributed by atoms with Crippen LogP contribution in [0.2, 0.25) is 0 Å². The minimum Gasteiger partial charge on any atom is -0.306 e. The molecule has 0 unspecified atom stereocenters. The summed E-state index contributed by atoms with van der Waals surface area (Å²) in [5.74, 6) is 1.83. The van der Waals surface area contributed by atoms with Crippen LogP contribution in [0.3, 0.4) is 0 Å². The van der Waals surface area contributed by atoms with E-state index in [0.717, 1.165) is 18.4 Å². The Morgan fingerprint density at radius 2 is 1.86 bits per heavy atom. The molecule has 3 atom stereocenters. The normalized spacial score (nSPS) is 34.0. The summed E-state index contributed by atoms with van der Waals surface area (Å²) in [6.07, 6.45) is 8.50. The van der Waals surface area contributed by atoms with Crippen LogP contribution in [0, 0.1) is 11.8 Å². The molecule has 1 N–H and O–H groups in total. The number of nitrogens with one attached hydrogen (secondary N) is 1. The minimum absolute atomic E-state index is 0. The quantitative estimate of drug-likeness (QED) is 0.887. The number of hydrogen-bond donors (Lipinski definition) is 1. The van der Waals surface area contributed by atoms with Crippen molar-refractivity contribution in [3.8, 4) is 0 Å². The largest absolute Gasteiger partial charge is 0.306 e. The van der Waals surface area contributed by atoms with E-state index in [1.807, 2.05) is 0 Å². The molecule has 3 fully saturated rings. The molecule has 0 spiro atoms. The second-order valence-electron chi connectivity index (χ2n) is 7.39. The summed E-state index contributed by atoms with van der Waals surface area (Å²) in [6, 6.07) is 11.3. The molecule has 122 valence electrons. The van der Waals surface area contributed by atoms with Gasteiger partial charge in [-0.05, 0) is 62.6 Å². The summed E-state index contributed by atoms with van der Waals surface area (Å²) < 4.78 is 0. The van der Waals surface area contributed by atoms with Gasteiger partial charge in [0.05, 0.1) is 0 Å². The van der Waals surface area contributed by atoms with Crippen LogP contribution in [0.5, 0.6) is 0 Å². The molecule has 2 saturated carbocycles. The number of halogens is 1. The maximum Gasteiger partial charge on any atom is 0.0466 e. The van der Waals surface area contributed by atoms with Gasteiger partial charge in [0, 0.05) is 18.6 Å². The number of rotatable bonds is 5. The van der Waals surface area contributed by atoms with E-state index >= 15 is 0 Å². The van der Waals surface area contributed by atoms with Gasteiger partial charge in [0.1, 0.15) is 0 Å². The fraction of sp³-hybridized carbons (Fsp3) is 0.684. The number of hydrogen-bond acceptors (Lipinski definition) is 2. The van der Waals surface area contributed by atoms with E-state index in [0.29, 0.717) is 0 Å². The van der Waals surface area contributed by atoms with Gasteiger partial charge in [0.2, 0.25) is 0 Å². The van der Waals surface area contributed by atoms with Gasteiger partial charge < -0.3 is 10.2 Å². The minimum atomic E-state index is 0. The van der Waals surface area contributed by atoms with E-state index in [4.69, 9.17) is 0 Å². The first-order valence-electron chi connectivity index (χ1n) is 8.90. The molecular formula is C19H29ClN2. The number of benzene rings is 1. The van der Waals surface area contributed by atoms with Crippen molar-refractivity contribution in [1.82, 2.24) is 10.2 Å². The molecule has 22 heavy (non-hydrogen) atoms. The lowest BCUT2D eigenvalue weighted by molar-refractivity contribution is 0.198. The number of fused-ring (bicyclic) bond motifs is 2. The van der Waals surface area contributed by atoms with Crippen molar-refractivity contribution in [2.75, 3.05) is 26.2 Å². The summed E-state index contributed by atoms with van der Waals surface area (Å²) >= 11 is 0. The van der Waals surface area contributed by atoms with Gasteiger partial charge in [0.15, 0.2) is 0 Å². The van der Waals surface area contributed by atoms with Gasteiger partial charge in [0.25, 0.3) is 0 Å². The molecule has 3 heteroatoms. The van der Waals surface area contributed by atoms with Crippen LogP contribution in [0.1, 0.15) is 44.1 Å². The standard InChI is InChI=1S/C19H28N2.ClH/c1-2-6-17(7-3-1)19(15-16-8-9-18(19)14-16)20-10-13-21-11-4-5-12-21;/h1-3,6-7,16,18,20H,4-5,8-15H2;1H/t16-,18+,19+;/m0./s1. The molecule has 2 bridgehead atoms. The molecule has 0 amide bonds. The van der Waals surface area contributed by atoms with Crippen LogP contribution in [0.15, 0.2) is 30.3 Å². The Hall–Kier alpha value is -0.570. The van der Waals surface area contributed by atoms with Crippen LogP contribution in [-0.2, 0) is 5.54 Å². The molecule has 1 aromatic rings. The summed E-state index contributed by atoms with van der Waals surface area (Å²) in [5, 5.41) is 4.03. The first-order chi connectivity index (χ1) is 10.4. The molecule has 0 aromatic heterocycles. The van der Waals surface area contributed by atoms with Gasteiger partial charge in [-0.3, -0.25) is 0 Å². The van der Waals surface area contributed by atoms with Gasteiger partial charge in [-0.15, -0.1) is 12.4 Å². The third kappa shape index (κ3) is 2.93. The van der Waals surface area contributed by atoms with Gasteiger partial charge in [-0.1, -0.05) is 36.8 Å². The summed E-state index contributed by atoms with van der Waals surface area (Å²) in [5.41, 5.74) is 1.82. The van der Waals surface area contributed by atoms with Crippen LogP contribution < -0.4 is 5.32 Å². The van der Waals surface area contributed by atoms with Crippen LogP contribution in [0.4, 0.5) is 0 Å². The summed E-state index contributed by atoms with van der Waals surface area (Å²) in [6.45, 7) is 5.00. The van der Waals surface area contributed by atoms with Crippen LogP contribution in [0.25, 0.3) is 0 Å². The predicted molar refractivity (Wildman–Crippen MR) is 94.5 cm³/mol. The highest BCUT2D eigenvalue weighted by Gasteiger charge is 2.51. The first-order valence-corrected chi connectivity index (χ1v) is 8.90. The zero-order valence-corrected chi connectivity index (χ0v) is 14.3. The van der Waals surface area contributed by atoms with E-state index < -0.39 is 0 Å². The maximum absolute atomic E-state index is 4.03. The highest BCUT2D eigenvalue weighted by atomic mass is 35.5. The Bertz CT molecular complexity index is 472. The van der Waals surface area contributed by atoms with E-state index in [-0.39, 0.29) is 17.9 Å². The Morgan fingerprint density at radius 1 is 1.09 bits per heavy atom. The van der Waals surface area contributed by atoms with Crippen molar-refractivity contribution < 1.29 is 0 Å². The van der Waals surface area contributed by atoms with E-state index in [1.54, 1.807) is 5.56 Å².